The zero-order valence-electron chi connectivity index (χ0n) is 14.9. The van der Waals surface area contributed by atoms with E-state index in [0.29, 0.717) is 29.1 Å². The number of hydrogen-bond acceptors (Lipinski definition) is 4. The Morgan fingerprint density at radius 2 is 1.93 bits per heavy atom. The standard InChI is InChI=1S/C20H20FN3O2S/c1-2-11-24-19(26)16-5-3-4-6-17(16)23-20(24)27-13-18(25)22-12-14-7-9-15(21)10-8-14/h3-10H,2,11-13H2,1H3,(H,22,25). The maximum Gasteiger partial charge on any atom is 0.262 e. The first-order valence-electron chi connectivity index (χ1n) is 8.72. The van der Waals surface area contributed by atoms with Crippen molar-refractivity contribution in [3.63, 3.8) is 0 Å². The molecule has 1 N–H and O–H groups in total. The summed E-state index contributed by atoms with van der Waals surface area (Å²) in [7, 11) is 0. The van der Waals surface area contributed by atoms with E-state index in [1.54, 1.807) is 28.8 Å². The number of amides is 1. The molecule has 5 nitrogen and oxygen atoms in total. The molecule has 0 bridgehead atoms. The average molecular weight is 385 g/mol. The predicted octanol–water partition coefficient (Wildman–Crippen LogP) is 3.35. The van der Waals surface area contributed by atoms with E-state index >= 15 is 0 Å². The normalized spacial score (nSPS) is 10.9. The molecule has 3 aromatic rings. The van der Waals surface area contributed by atoms with Crippen LogP contribution in [0.1, 0.15) is 18.9 Å². The van der Waals surface area contributed by atoms with Crippen molar-refractivity contribution in [1.29, 1.82) is 0 Å². The second kappa shape index (κ2) is 8.81. The first kappa shape index (κ1) is 19.1. The van der Waals surface area contributed by atoms with Gasteiger partial charge in [-0.3, -0.25) is 14.2 Å². The van der Waals surface area contributed by atoms with Gasteiger partial charge in [-0.1, -0.05) is 43.0 Å². The molecule has 3 rings (SSSR count). The van der Waals surface area contributed by atoms with Crippen LogP contribution in [-0.2, 0) is 17.9 Å². The van der Waals surface area contributed by atoms with Crippen molar-refractivity contribution in [1.82, 2.24) is 14.9 Å². The van der Waals surface area contributed by atoms with Gasteiger partial charge in [-0.05, 0) is 36.2 Å². The number of hydrogen-bond donors (Lipinski definition) is 1. The van der Waals surface area contributed by atoms with Crippen molar-refractivity contribution in [2.45, 2.75) is 31.6 Å². The van der Waals surface area contributed by atoms with E-state index < -0.39 is 0 Å². The van der Waals surface area contributed by atoms with Crippen LogP contribution in [0.5, 0.6) is 0 Å². The number of aromatic nitrogens is 2. The van der Waals surface area contributed by atoms with Crippen LogP contribution in [0.15, 0.2) is 58.5 Å². The minimum atomic E-state index is -0.308. The molecule has 2 aromatic carbocycles. The monoisotopic (exact) mass is 385 g/mol. The summed E-state index contributed by atoms with van der Waals surface area (Å²) in [6.45, 7) is 2.87. The summed E-state index contributed by atoms with van der Waals surface area (Å²) in [5.74, 6) is -0.331. The van der Waals surface area contributed by atoms with Gasteiger partial charge in [-0.2, -0.15) is 0 Å². The molecule has 140 valence electrons. The molecular weight excluding hydrogens is 365 g/mol. The summed E-state index contributed by atoms with van der Waals surface area (Å²) in [5, 5.41) is 3.91. The molecule has 0 aliphatic carbocycles. The zero-order chi connectivity index (χ0) is 19.2. The Labute approximate surface area is 160 Å². The molecule has 1 heterocycles. The van der Waals surface area contributed by atoms with Crippen molar-refractivity contribution in [3.8, 4) is 0 Å². The van der Waals surface area contributed by atoms with Crippen molar-refractivity contribution in [2.24, 2.45) is 0 Å². The predicted molar refractivity (Wildman–Crippen MR) is 105 cm³/mol. The number of benzene rings is 2. The zero-order valence-corrected chi connectivity index (χ0v) is 15.8. The summed E-state index contributed by atoms with van der Waals surface area (Å²) in [4.78, 5) is 29.4. The van der Waals surface area contributed by atoms with Crippen LogP contribution in [0, 0.1) is 5.82 Å². The number of carbonyl (C=O) groups excluding carboxylic acids is 1. The highest BCUT2D eigenvalue weighted by Gasteiger charge is 2.12. The fourth-order valence-corrected chi connectivity index (χ4v) is 3.52. The van der Waals surface area contributed by atoms with Crippen LogP contribution in [0.25, 0.3) is 10.9 Å². The SMILES string of the molecule is CCCn1c(SCC(=O)NCc2ccc(F)cc2)nc2ccccc2c1=O. The van der Waals surface area contributed by atoms with Gasteiger partial charge in [0.15, 0.2) is 5.16 Å². The maximum atomic E-state index is 12.9. The van der Waals surface area contributed by atoms with Gasteiger partial charge in [0.05, 0.1) is 16.7 Å². The van der Waals surface area contributed by atoms with Crippen molar-refractivity contribution in [3.05, 3.63) is 70.3 Å². The highest BCUT2D eigenvalue weighted by Crippen LogP contribution is 2.18. The third-order valence-corrected chi connectivity index (χ3v) is 4.99. The Hall–Kier alpha value is -2.67. The first-order valence-corrected chi connectivity index (χ1v) is 9.70. The third kappa shape index (κ3) is 4.74. The van der Waals surface area contributed by atoms with Crippen molar-refractivity contribution in [2.75, 3.05) is 5.75 Å². The van der Waals surface area contributed by atoms with Crippen LogP contribution in [-0.4, -0.2) is 21.2 Å². The summed E-state index contributed by atoms with van der Waals surface area (Å²) < 4.78 is 14.5. The molecule has 7 heteroatoms. The molecule has 0 saturated carbocycles. The molecule has 0 saturated heterocycles. The fourth-order valence-electron chi connectivity index (χ4n) is 2.66. The molecule has 0 aliphatic heterocycles. The largest absolute Gasteiger partial charge is 0.351 e. The number of rotatable bonds is 7. The van der Waals surface area contributed by atoms with E-state index in [1.807, 2.05) is 19.1 Å². The van der Waals surface area contributed by atoms with Gasteiger partial charge in [-0.15, -0.1) is 0 Å². The van der Waals surface area contributed by atoms with Gasteiger partial charge in [-0.25, -0.2) is 9.37 Å². The van der Waals surface area contributed by atoms with Crippen LogP contribution >= 0.6 is 11.8 Å². The lowest BCUT2D eigenvalue weighted by Crippen LogP contribution is -2.26. The highest BCUT2D eigenvalue weighted by atomic mass is 32.2. The van der Waals surface area contributed by atoms with Gasteiger partial charge in [0, 0.05) is 13.1 Å². The third-order valence-electron chi connectivity index (χ3n) is 4.01. The molecular formula is C20H20FN3O2S. The molecule has 27 heavy (non-hydrogen) atoms. The Morgan fingerprint density at radius 1 is 1.19 bits per heavy atom. The number of fused-ring (bicyclic) bond motifs is 1. The van der Waals surface area contributed by atoms with Crippen LogP contribution in [0.3, 0.4) is 0 Å². The molecule has 0 radical (unpaired) electrons. The highest BCUT2D eigenvalue weighted by molar-refractivity contribution is 7.99. The Balaban J connectivity index is 1.70. The van der Waals surface area contributed by atoms with Gasteiger partial charge in [0.2, 0.25) is 5.91 Å². The topological polar surface area (TPSA) is 64.0 Å². The fraction of sp³-hybridized carbons (Fsp3) is 0.250. The number of nitrogens with one attached hydrogen (secondary N) is 1. The van der Waals surface area contributed by atoms with Gasteiger partial charge in [0.25, 0.3) is 5.56 Å². The van der Waals surface area contributed by atoms with Gasteiger partial charge in [0.1, 0.15) is 5.82 Å². The van der Waals surface area contributed by atoms with Crippen LogP contribution in [0.2, 0.25) is 0 Å². The van der Waals surface area contributed by atoms with E-state index in [2.05, 4.69) is 10.3 Å². The number of nitrogens with zero attached hydrogens (tertiary/aromatic N) is 2. The van der Waals surface area contributed by atoms with Gasteiger partial charge < -0.3 is 5.32 Å². The number of thioether (sulfide) groups is 1. The van der Waals surface area contributed by atoms with Crippen LogP contribution < -0.4 is 10.9 Å². The van der Waals surface area contributed by atoms with E-state index in [1.165, 1.54) is 23.9 Å². The molecule has 0 spiro atoms. The number of carbonyl (C=O) groups is 1. The minimum absolute atomic E-state index is 0.0864. The molecule has 0 fully saturated rings. The lowest BCUT2D eigenvalue weighted by Gasteiger charge is -2.12. The Kier molecular flexibility index (Phi) is 6.24. The summed E-state index contributed by atoms with van der Waals surface area (Å²) in [6.07, 6.45) is 0.796. The smallest absolute Gasteiger partial charge is 0.262 e. The summed E-state index contributed by atoms with van der Waals surface area (Å²) in [5.41, 5.74) is 1.36. The summed E-state index contributed by atoms with van der Waals surface area (Å²) in [6, 6.07) is 13.2. The van der Waals surface area contributed by atoms with E-state index in [9.17, 15) is 14.0 Å². The molecule has 1 aromatic heterocycles. The lowest BCUT2D eigenvalue weighted by atomic mass is 10.2. The van der Waals surface area contributed by atoms with E-state index in [4.69, 9.17) is 0 Å². The Morgan fingerprint density at radius 3 is 2.67 bits per heavy atom. The summed E-state index contributed by atoms with van der Waals surface area (Å²) >= 11 is 1.24. The lowest BCUT2D eigenvalue weighted by molar-refractivity contribution is -0.118. The quantitative estimate of drug-likeness (QED) is 0.500. The minimum Gasteiger partial charge on any atom is -0.351 e. The van der Waals surface area contributed by atoms with E-state index in [0.717, 1.165) is 12.0 Å². The average Bonchev–Trinajstić information content (AvgIpc) is 2.68. The molecule has 0 unspecified atom stereocenters. The number of halogens is 1. The Bertz CT molecular complexity index is 1000. The maximum absolute atomic E-state index is 12.9. The second-order valence-electron chi connectivity index (χ2n) is 6.06. The van der Waals surface area contributed by atoms with Crippen molar-refractivity contribution < 1.29 is 9.18 Å². The molecule has 1 amide bonds. The molecule has 0 atom stereocenters. The first-order chi connectivity index (χ1) is 13.1. The second-order valence-corrected chi connectivity index (χ2v) is 7.00. The molecule has 0 aliphatic rings. The number of para-hydroxylation sites is 1. The van der Waals surface area contributed by atoms with Crippen LogP contribution in [0.4, 0.5) is 4.39 Å². The van der Waals surface area contributed by atoms with E-state index in [-0.39, 0.29) is 23.0 Å². The van der Waals surface area contributed by atoms with Crippen molar-refractivity contribution >= 4 is 28.6 Å². The van der Waals surface area contributed by atoms with Gasteiger partial charge >= 0.3 is 0 Å².